The molecule has 5 rings (SSSR count). The molecule has 2 saturated heterocycles. The summed E-state index contributed by atoms with van der Waals surface area (Å²) in [5.41, 5.74) is 8.76. The number of ether oxygens (including phenoxy) is 1. The van der Waals surface area contributed by atoms with Crippen molar-refractivity contribution in [3.05, 3.63) is 65.6 Å². The van der Waals surface area contributed by atoms with E-state index in [4.69, 9.17) is 20.4 Å². The Hall–Kier alpha value is -4.47. The molecule has 0 bridgehead atoms. The summed E-state index contributed by atoms with van der Waals surface area (Å²) in [7, 11) is 1.58. The molecule has 1 aromatic heterocycles. The summed E-state index contributed by atoms with van der Waals surface area (Å²) in [5, 5.41) is 9.49. The number of nitrogens with two attached hydrogens (primary N) is 2. The molecule has 0 radical (unpaired) electrons. The van der Waals surface area contributed by atoms with Gasteiger partial charge in [0.25, 0.3) is 11.8 Å². The number of methoxy groups -OCH3 is 1. The Labute approximate surface area is 220 Å². The second-order valence-corrected chi connectivity index (χ2v) is 9.68. The van der Waals surface area contributed by atoms with E-state index in [1.807, 2.05) is 28.0 Å². The van der Waals surface area contributed by atoms with Crippen molar-refractivity contribution in [3.63, 3.8) is 0 Å². The van der Waals surface area contributed by atoms with Crippen molar-refractivity contribution >= 4 is 29.3 Å². The van der Waals surface area contributed by atoms with Crippen molar-refractivity contribution in [2.45, 2.75) is 26.2 Å². The first-order chi connectivity index (χ1) is 18.4. The summed E-state index contributed by atoms with van der Waals surface area (Å²) in [5.74, 6) is 1.62. The van der Waals surface area contributed by atoms with Crippen LogP contribution < -0.4 is 20.8 Å². The Morgan fingerprint density at radius 1 is 1.13 bits per heavy atom. The van der Waals surface area contributed by atoms with Crippen LogP contribution in [-0.2, 0) is 4.79 Å². The summed E-state index contributed by atoms with van der Waals surface area (Å²) >= 11 is 0. The molecule has 0 atom stereocenters. The third-order valence-electron chi connectivity index (χ3n) is 7.59. The smallest absolute Gasteiger partial charge is 0.257 e. The molecule has 3 aromatic rings. The predicted molar refractivity (Wildman–Crippen MR) is 142 cm³/mol. The van der Waals surface area contributed by atoms with Gasteiger partial charge >= 0.3 is 0 Å². The highest BCUT2D eigenvalue weighted by atomic mass is 16.5. The molecule has 2 aliphatic rings. The first-order valence-electron chi connectivity index (χ1n) is 12.6. The quantitative estimate of drug-likeness (QED) is 0.477. The summed E-state index contributed by atoms with van der Waals surface area (Å²) in [6.07, 6.45) is 4.85. The normalized spacial score (nSPS) is 17.2. The average molecular weight is 516 g/mol. The molecular weight excluding hydrogens is 484 g/mol. The second kappa shape index (κ2) is 10.1. The molecule has 4 N–H and O–H groups in total. The second-order valence-electron chi connectivity index (χ2n) is 9.68. The van der Waals surface area contributed by atoms with Crippen LogP contribution >= 0.6 is 0 Å². The number of carbonyl (C=O) groups excluding carboxylic acids is 2. The molecule has 2 fully saturated rings. The standard InChI is InChI=1S/C28H30N6O4/c1-18-31-25(38-32-18)19-3-5-20(6-4-19)26(35)33-12-9-28(10-13-33)11-14-34(27(28)36)22-7-8-23(21(16-29)17-30)24(15-22)37-2/h3-8,15-17,29H,9-14,30H2,1-2H3/p+1/b21-17+,29-16?. The number of aromatic nitrogens is 2. The van der Waals surface area contributed by atoms with Crippen LogP contribution in [0.3, 0.4) is 0 Å². The van der Waals surface area contributed by atoms with E-state index >= 15 is 0 Å². The Balaban J connectivity index is 1.25. The van der Waals surface area contributed by atoms with Crippen LogP contribution in [0.5, 0.6) is 5.75 Å². The molecule has 10 nitrogen and oxygen atoms in total. The molecule has 1 spiro atoms. The number of hydrogen-bond acceptors (Lipinski definition) is 7. The van der Waals surface area contributed by atoms with E-state index in [0.717, 1.165) is 23.2 Å². The van der Waals surface area contributed by atoms with Gasteiger partial charge in [-0.2, -0.15) is 4.98 Å². The molecule has 0 aliphatic carbocycles. The van der Waals surface area contributed by atoms with E-state index in [2.05, 4.69) is 10.1 Å². The Bertz CT molecular complexity index is 1400. The van der Waals surface area contributed by atoms with Gasteiger partial charge in [-0.05, 0) is 62.6 Å². The first-order valence-corrected chi connectivity index (χ1v) is 12.6. The van der Waals surface area contributed by atoms with Crippen LogP contribution in [0.4, 0.5) is 5.69 Å². The minimum Gasteiger partial charge on any atom is -0.496 e. The van der Waals surface area contributed by atoms with Gasteiger partial charge in [-0.15, -0.1) is 0 Å². The number of anilines is 1. The zero-order valence-electron chi connectivity index (χ0n) is 21.5. The van der Waals surface area contributed by atoms with Crippen molar-refractivity contribution in [1.29, 1.82) is 0 Å². The van der Waals surface area contributed by atoms with Crippen molar-refractivity contribution in [2.75, 3.05) is 31.6 Å². The molecular formula is C28H31N6O4+. The lowest BCUT2D eigenvalue weighted by atomic mass is 9.77. The molecule has 2 aliphatic heterocycles. The summed E-state index contributed by atoms with van der Waals surface area (Å²) in [4.78, 5) is 34.7. The number of amides is 2. The number of allylic oxidation sites excluding steroid dienone is 1. The highest BCUT2D eigenvalue weighted by Gasteiger charge is 2.49. The van der Waals surface area contributed by atoms with Crippen LogP contribution in [-0.4, -0.2) is 59.8 Å². The molecule has 2 aromatic carbocycles. The van der Waals surface area contributed by atoms with Gasteiger partial charge < -0.3 is 24.8 Å². The lowest BCUT2D eigenvalue weighted by Crippen LogP contribution is -2.46. The summed E-state index contributed by atoms with van der Waals surface area (Å²) in [6.45, 7) is 3.44. The number of carbonyl (C=O) groups is 2. The predicted octanol–water partition coefficient (Wildman–Crippen LogP) is 1.84. The lowest BCUT2D eigenvalue weighted by molar-refractivity contribution is -0.127. The van der Waals surface area contributed by atoms with Gasteiger partial charge in [0, 0.05) is 54.3 Å². The zero-order chi connectivity index (χ0) is 26.9. The fraction of sp³-hybridized carbons (Fsp3) is 0.321. The van der Waals surface area contributed by atoms with E-state index in [9.17, 15) is 9.59 Å². The highest BCUT2D eigenvalue weighted by Crippen LogP contribution is 2.44. The van der Waals surface area contributed by atoms with E-state index in [0.29, 0.717) is 61.1 Å². The minimum absolute atomic E-state index is 0.0452. The number of hydrogen-bond donors (Lipinski definition) is 2. The molecule has 38 heavy (non-hydrogen) atoms. The third kappa shape index (κ3) is 4.42. The van der Waals surface area contributed by atoms with Gasteiger partial charge in [0.1, 0.15) is 5.75 Å². The number of aryl methyl sites for hydroxylation is 1. The Morgan fingerprint density at radius 3 is 2.45 bits per heavy atom. The van der Waals surface area contributed by atoms with Gasteiger partial charge in [0.2, 0.25) is 5.91 Å². The largest absolute Gasteiger partial charge is 0.496 e. The van der Waals surface area contributed by atoms with Crippen molar-refractivity contribution in [3.8, 4) is 17.2 Å². The number of likely N-dealkylation sites (tertiary alicyclic amines) is 1. The SMILES string of the molecule is COc1cc(N2CCC3(CCN(C(=O)c4ccc(-c5nc(C)no5)cc4)CC3)C2=O)ccc1/C(C=[NH2+])=C/N. The number of nitrogens with zero attached hydrogens (tertiary/aromatic N) is 4. The lowest BCUT2D eigenvalue weighted by Gasteiger charge is -2.38. The highest BCUT2D eigenvalue weighted by molar-refractivity contribution is 6.08. The van der Waals surface area contributed by atoms with Crippen LogP contribution in [0.15, 0.2) is 53.2 Å². The number of piperidine rings is 1. The van der Waals surface area contributed by atoms with Gasteiger partial charge in [-0.25, -0.2) is 0 Å². The molecule has 2 amide bonds. The van der Waals surface area contributed by atoms with Gasteiger partial charge in [-0.1, -0.05) is 5.16 Å². The molecule has 0 unspecified atom stereocenters. The van der Waals surface area contributed by atoms with Crippen LogP contribution in [0.1, 0.15) is 41.0 Å². The van der Waals surface area contributed by atoms with E-state index in [-0.39, 0.29) is 11.8 Å². The monoisotopic (exact) mass is 515 g/mol. The molecule has 3 heterocycles. The number of rotatable bonds is 6. The van der Waals surface area contributed by atoms with E-state index in [1.54, 1.807) is 38.3 Å². The molecule has 10 heteroatoms. The van der Waals surface area contributed by atoms with Gasteiger partial charge in [-0.3, -0.25) is 15.0 Å². The molecule has 0 saturated carbocycles. The van der Waals surface area contributed by atoms with Crippen LogP contribution in [0.25, 0.3) is 17.0 Å². The fourth-order valence-electron chi connectivity index (χ4n) is 5.34. The topological polar surface area (TPSA) is 140 Å². The van der Waals surface area contributed by atoms with Crippen molar-refractivity contribution in [1.82, 2.24) is 15.0 Å². The summed E-state index contributed by atoms with van der Waals surface area (Å²) < 4.78 is 10.7. The van der Waals surface area contributed by atoms with Crippen LogP contribution in [0, 0.1) is 12.3 Å². The van der Waals surface area contributed by atoms with Gasteiger partial charge in [0.05, 0.1) is 18.1 Å². The van der Waals surface area contributed by atoms with Crippen LogP contribution in [0.2, 0.25) is 0 Å². The Kier molecular flexibility index (Phi) is 6.71. The maximum absolute atomic E-state index is 13.6. The van der Waals surface area contributed by atoms with Crippen molar-refractivity contribution < 1.29 is 24.3 Å². The fourth-order valence-corrected chi connectivity index (χ4v) is 5.34. The zero-order valence-corrected chi connectivity index (χ0v) is 21.5. The molecule has 196 valence electrons. The van der Waals surface area contributed by atoms with E-state index in [1.165, 1.54) is 12.4 Å². The summed E-state index contributed by atoms with van der Waals surface area (Å²) in [6, 6.07) is 12.8. The van der Waals surface area contributed by atoms with Gasteiger partial charge in [0.15, 0.2) is 12.0 Å². The number of benzene rings is 2. The minimum atomic E-state index is -0.463. The third-order valence-corrected chi connectivity index (χ3v) is 7.59. The maximum atomic E-state index is 13.6. The first kappa shape index (κ1) is 25.2. The van der Waals surface area contributed by atoms with E-state index < -0.39 is 5.41 Å². The average Bonchev–Trinajstić information content (AvgIpc) is 3.53. The Morgan fingerprint density at radius 2 is 1.84 bits per heavy atom. The maximum Gasteiger partial charge on any atom is 0.257 e. The van der Waals surface area contributed by atoms with Crippen molar-refractivity contribution in [2.24, 2.45) is 11.1 Å².